The van der Waals surface area contributed by atoms with Crippen molar-refractivity contribution in [1.29, 1.82) is 0 Å². The molecule has 2 aromatic rings. The quantitative estimate of drug-likeness (QED) is 0.900. The van der Waals surface area contributed by atoms with Crippen molar-refractivity contribution in [2.75, 3.05) is 12.4 Å². The van der Waals surface area contributed by atoms with E-state index in [0.29, 0.717) is 22.6 Å². The topological polar surface area (TPSA) is 88.5 Å². The molecule has 6 nitrogen and oxygen atoms in total. The highest BCUT2D eigenvalue weighted by Crippen LogP contribution is 2.21. The van der Waals surface area contributed by atoms with E-state index in [4.69, 9.17) is 9.84 Å². The van der Waals surface area contributed by atoms with Gasteiger partial charge in [-0.3, -0.25) is 9.78 Å². The number of anilines is 1. The number of hydrogen-bond donors (Lipinski definition) is 2. The Morgan fingerprint density at radius 3 is 2.67 bits per heavy atom. The fourth-order valence-corrected chi connectivity index (χ4v) is 1.86. The molecule has 1 aromatic heterocycles. The average molecular weight is 286 g/mol. The van der Waals surface area contributed by atoms with Crippen LogP contribution in [0.15, 0.2) is 36.7 Å². The van der Waals surface area contributed by atoms with Crippen molar-refractivity contribution in [3.63, 3.8) is 0 Å². The number of aromatic nitrogens is 1. The number of methoxy groups -OCH3 is 1. The molecule has 6 heteroatoms. The zero-order chi connectivity index (χ0) is 15.4. The van der Waals surface area contributed by atoms with E-state index in [0.717, 1.165) is 0 Å². The molecular formula is C15H14N2O4. The molecule has 1 heterocycles. The molecule has 0 fully saturated rings. The van der Waals surface area contributed by atoms with Gasteiger partial charge in [0.2, 0.25) is 0 Å². The van der Waals surface area contributed by atoms with Crippen LogP contribution in [0, 0.1) is 6.92 Å². The first-order valence-corrected chi connectivity index (χ1v) is 6.16. The highest BCUT2D eigenvalue weighted by atomic mass is 16.5. The highest BCUT2D eigenvalue weighted by molar-refractivity contribution is 6.06. The molecule has 0 saturated heterocycles. The lowest BCUT2D eigenvalue weighted by molar-refractivity contribution is 0.0696. The van der Waals surface area contributed by atoms with E-state index in [-0.39, 0.29) is 11.5 Å². The zero-order valence-corrected chi connectivity index (χ0v) is 11.6. The van der Waals surface area contributed by atoms with E-state index in [1.54, 1.807) is 19.1 Å². The minimum atomic E-state index is -1.01. The summed E-state index contributed by atoms with van der Waals surface area (Å²) in [5.41, 5.74) is 1.74. The van der Waals surface area contributed by atoms with Crippen LogP contribution < -0.4 is 10.1 Å². The van der Waals surface area contributed by atoms with Gasteiger partial charge in [-0.05, 0) is 36.8 Å². The summed E-state index contributed by atoms with van der Waals surface area (Å²) in [5.74, 6) is -0.984. The second-order valence-electron chi connectivity index (χ2n) is 4.36. The van der Waals surface area contributed by atoms with Crippen LogP contribution in [0.4, 0.5) is 5.69 Å². The van der Waals surface area contributed by atoms with Crippen LogP contribution in [0.2, 0.25) is 0 Å². The molecule has 1 amide bonds. The fourth-order valence-electron chi connectivity index (χ4n) is 1.86. The third kappa shape index (κ3) is 3.17. The summed E-state index contributed by atoms with van der Waals surface area (Å²) < 4.78 is 5.08. The van der Waals surface area contributed by atoms with Gasteiger partial charge in [-0.25, -0.2) is 4.79 Å². The number of nitrogens with one attached hydrogen (secondary N) is 1. The Kier molecular flexibility index (Phi) is 4.18. The lowest BCUT2D eigenvalue weighted by Crippen LogP contribution is -2.14. The average Bonchev–Trinajstić information content (AvgIpc) is 2.48. The van der Waals surface area contributed by atoms with Crippen molar-refractivity contribution in [2.24, 2.45) is 0 Å². The number of aromatic carboxylic acids is 1. The molecule has 0 radical (unpaired) electrons. The normalized spacial score (nSPS) is 10.0. The van der Waals surface area contributed by atoms with E-state index >= 15 is 0 Å². The maximum Gasteiger partial charge on any atom is 0.335 e. The molecule has 2 rings (SSSR count). The van der Waals surface area contributed by atoms with E-state index in [1.807, 2.05) is 0 Å². The summed E-state index contributed by atoms with van der Waals surface area (Å²) in [4.78, 5) is 27.0. The minimum absolute atomic E-state index is 0.173. The van der Waals surface area contributed by atoms with Crippen molar-refractivity contribution in [3.8, 4) is 5.75 Å². The first kappa shape index (κ1) is 14.5. The number of benzene rings is 1. The largest absolute Gasteiger partial charge is 0.494 e. The Bertz CT molecular complexity index is 698. The Morgan fingerprint density at radius 2 is 2.05 bits per heavy atom. The number of amides is 1. The van der Waals surface area contributed by atoms with Gasteiger partial charge < -0.3 is 15.2 Å². The molecule has 0 unspecified atom stereocenters. The Morgan fingerprint density at radius 1 is 1.29 bits per heavy atom. The molecule has 1 aromatic carbocycles. The maximum atomic E-state index is 12.2. The molecule has 0 bridgehead atoms. The number of ether oxygens (including phenoxy) is 1. The molecule has 0 aliphatic rings. The maximum absolute atomic E-state index is 12.2. The van der Waals surface area contributed by atoms with E-state index in [1.165, 1.54) is 31.6 Å². The summed E-state index contributed by atoms with van der Waals surface area (Å²) in [6.07, 6.45) is 2.95. The van der Waals surface area contributed by atoms with Crippen LogP contribution in [0.1, 0.15) is 26.3 Å². The third-order valence-corrected chi connectivity index (χ3v) is 2.97. The first-order chi connectivity index (χ1) is 10.0. The van der Waals surface area contributed by atoms with Gasteiger partial charge in [-0.1, -0.05) is 0 Å². The van der Waals surface area contributed by atoms with Gasteiger partial charge in [0.05, 0.1) is 24.4 Å². The molecule has 2 N–H and O–H groups in total. The summed E-state index contributed by atoms with van der Waals surface area (Å²) in [5, 5.41) is 11.6. The first-order valence-electron chi connectivity index (χ1n) is 6.16. The van der Waals surface area contributed by atoms with Crippen LogP contribution in [-0.2, 0) is 0 Å². The van der Waals surface area contributed by atoms with Gasteiger partial charge in [0.15, 0.2) is 0 Å². The van der Waals surface area contributed by atoms with Crippen LogP contribution in [0.25, 0.3) is 0 Å². The lowest BCUT2D eigenvalue weighted by Gasteiger charge is -2.11. The van der Waals surface area contributed by atoms with Crippen molar-refractivity contribution >= 4 is 17.6 Å². The number of carbonyl (C=O) groups is 2. The highest BCUT2D eigenvalue weighted by Gasteiger charge is 2.14. The van der Waals surface area contributed by atoms with Crippen LogP contribution in [-0.4, -0.2) is 29.1 Å². The third-order valence-electron chi connectivity index (χ3n) is 2.97. The SMILES string of the molecule is COc1cnccc1C(=O)Nc1ccc(C(=O)O)cc1C. The molecule has 0 aliphatic carbocycles. The van der Waals surface area contributed by atoms with Crippen LogP contribution in [0.3, 0.4) is 0 Å². The molecule has 0 saturated carbocycles. The predicted octanol–water partition coefficient (Wildman–Crippen LogP) is 2.35. The van der Waals surface area contributed by atoms with Gasteiger partial charge in [0.25, 0.3) is 5.91 Å². The molecule has 0 spiro atoms. The van der Waals surface area contributed by atoms with Crippen molar-refractivity contribution in [3.05, 3.63) is 53.3 Å². The number of nitrogens with zero attached hydrogens (tertiary/aromatic N) is 1. The lowest BCUT2D eigenvalue weighted by atomic mass is 10.1. The van der Waals surface area contributed by atoms with Gasteiger partial charge in [0, 0.05) is 11.9 Å². The number of carboxylic acid groups (broad SMARTS) is 1. The summed E-state index contributed by atoms with van der Waals surface area (Å²) >= 11 is 0. The smallest absolute Gasteiger partial charge is 0.335 e. The molecule has 0 atom stereocenters. The number of hydrogen-bond acceptors (Lipinski definition) is 4. The Hall–Kier alpha value is -2.89. The predicted molar refractivity (Wildman–Crippen MR) is 76.9 cm³/mol. The summed E-state index contributed by atoms with van der Waals surface area (Å²) in [6.45, 7) is 1.73. The number of carboxylic acids is 1. The van der Waals surface area contributed by atoms with E-state index in [2.05, 4.69) is 10.3 Å². The van der Waals surface area contributed by atoms with Crippen molar-refractivity contribution in [2.45, 2.75) is 6.92 Å². The van der Waals surface area contributed by atoms with E-state index < -0.39 is 5.97 Å². The molecular weight excluding hydrogens is 272 g/mol. The van der Waals surface area contributed by atoms with Gasteiger partial charge in [-0.15, -0.1) is 0 Å². The number of carbonyl (C=O) groups excluding carboxylic acids is 1. The Balaban J connectivity index is 2.26. The Labute approximate surface area is 121 Å². The van der Waals surface area contributed by atoms with Crippen LogP contribution in [0.5, 0.6) is 5.75 Å². The summed E-state index contributed by atoms with van der Waals surface area (Å²) in [6, 6.07) is 6.05. The minimum Gasteiger partial charge on any atom is -0.494 e. The van der Waals surface area contributed by atoms with Crippen molar-refractivity contribution < 1.29 is 19.4 Å². The van der Waals surface area contributed by atoms with Crippen molar-refractivity contribution in [1.82, 2.24) is 4.98 Å². The van der Waals surface area contributed by atoms with Gasteiger partial charge >= 0.3 is 5.97 Å². The monoisotopic (exact) mass is 286 g/mol. The fraction of sp³-hybridized carbons (Fsp3) is 0.133. The second-order valence-corrected chi connectivity index (χ2v) is 4.36. The molecule has 0 aliphatic heterocycles. The second kappa shape index (κ2) is 6.04. The zero-order valence-electron chi connectivity index (χ0n) is 11.6. The molecule has 21 heavy (non-hydrogen) atoms. The van der Waals surface area contributed by atoms with E-state index in [9.17, 15) is 9.59 Å². The van der Waals surface area contributed by atoms with Crippen LogP contribution >= 0.6 is 0 Å². The molecule has 108 valence electrons. The van der Waals surface area contributed by atoms with Gasteiger partial charge in [-0.2, -0.15) is 0 Å². The number of pyridine rings is 1. The summed E-state index contributed by atoms with van der Waals surface area (Å²) in [7, 11) is 1.46. The van der Waals surface area contributed by atoms with Gasteiger partial charge in [0.1, 0.15) is 5.75 Å². The standard InChI is InChI=1S/C15H14N2O4/c1-9-7-10(15(19)20)3-4-12(9)17-14(18)11-5-6-16-8-13(11)21-2/h3-8H,1-2H3,(H,17,18)(H,19,20). The number of aryl methyl sites for hydroxylation is 1. The number of rotatable bonds is 4.